The van der Waals surface area contributed by atoms with Crippen molar-refractivity contribution < 1.29 is 9.53 Å². The maximum atomic E-state index is 12.1. The minimum absolute atomic E-state index is 0.0434. The van der Waals surface area contributed by atoms with Gasteiger partial charge in [-0.05, 0) is 36.4 Å². The van der Waals surface area contributed by atoms with Crippen molar-refractivity contribution in [1.29, 1.82) is 0 Å². The number of carbonyl (C=O) groups is 1. The highest BCUT2D eigenvalue weighted by molar-refractivity contribution is 7.17. The van der Waals surface area contributed by atoms with Crippen molar-refractivity contribution >= 4 is 38.9 Å². The van der Waals surface area contributed by atoms with E-state index in [1.807, 2.05) is 18.4 Å². The van der Waals surface area contributed by atoms with Crippen LogP contribution in [0.2, 0.25) is 0 Å². The Bertz CT molecular complexity index is 892. The molecule has 3 rings (SSSR count). The van der Waals surface area contributed by atoms with Gasteiger partial charge in [0.25, 0.3) is 5.56 Å². The van der Waals surface area contributed by atoms with Crippen LogP contribution in [0.1, 0.15) is 32.9 Å². The minimum atomic E-state index is -0.388. The summed E-state index contributed by atoms with van der Waals surface area (Å²) in [5.41, 5.74) is 1.52. The van der Waals surface area contributed by atoms with Crippen molar-refractivity contribution in [1.82, 2.24) is 9.97 Å². The first-order valence-corrected chi connectivity index (χ1v) is 8.51. The molecule has 0 aromatic carbocycles. The van der Waals surface area contributed by atoms with Crippen molar-refractivity contribution in [3.63, 3.8) is 0 Å². The van der Waals surface area contributed by atoms with Gasteiger partial charge in [0.2, 0.25) is 0 Å². The fourth-order valence-corrected chi connectivity index (χ4v) is 3.90. The number of hydrogen-bond donors (Lipinski definition) is 1. The third-order valence-electron chi connectivity index (χ3n) is 3.25. The van der Waals surface area contributed by atoms with Gasteiger partial charge < -0.3 is 9.72 Å². The summed E-state index contributed by atoms with van der Waals surface area (Å²) in [4.78, 5) is 32.6. The Kier molecular flexibility index (Phi) is 4.08. The molecule has 3 aromatic heterocycles. The van der Waals surface area contributed by atoms with Gasteiger partial charge in [-0.3, -0.25) is 4.79 Å². The van der Waals surface area contributed by atoms with Gasteiger partial charge in [-0.25, -0.2) is 9.78 Å². The third-order valence-corrected chi connectivity index (χ3v) is 5.51. The summed E-state index contributed by atoms with van der Waals surface area (Å²) in [5.74, 6) is -0.0332. The van der Waals surface area contributed by atoms with Crippen LogP contribution in [0.3, 0.4) is 0 Å². The Morgan fingerprint density at radius 3 is 3.00 bits per heavy atom. The summed E-state index contributed by atoms with van der Waals surface area (Å²) in [5, 5.41) is 1.81. The Morgan fingerprint density at radius 1 is 1.45 bits per heavy atom. The number of nitrogens with one attached hydrogen (secondary N) is 1. The fourth-order valence-electron chi connectivity index (χ4n) is 2.17. The SMILES string of the molecule is CCc1sc(C(=O)OCc2nc3ccsc3c(=O)[nH]2)cc1C. The van der Waals surface area contributed by atoms with Crippen LogP contribution in [0.4, 0.5) is 0 Å². The number of nitrogens with zero attached hydrogens (tertiary/aromatic N) is 1. The fraction of sp³-hybridized carbons (Fsp3) is 0.267. The molecule has 5 nitrogen and oxygen atoms in total. The van der Waals surface area contributed by atoms with Gasteiger partial charge in [-0.15, -0.1) is 22.7 Å². The molecule has 114 valence electrons. The summed E-state index contributed by atoms with van der Waals surface area (Å²) >= 11 is 2.78. The van der Waals surface area contributed by atoms with Crippen LogP contribution < -0.4 is 5.56 Å². The van der Waals surface area contributed by atoms with Crippen molar-refractivity contribution in [2.75, 3.05) is 0 Å². The van der Waals surface area contributed by atoms with E-state index >= 15 is 0 Å². The first-order chi connectivity index (χ1) is 10.6. The molecule has 0 saturated heterocycles. The molecule has 1 N–H and O–H groups in total. The Hall–Kier alpha value is -1.99. The van der Waals surface area contributed by atoms with Crippen LogP contribution in [-0.2, 0) is 17.8 Å². The number of aromatic amines is 1. The molecule has 0 radical (unpaired) electrons. The van der Waals surface area contributed by atoms with E-state index in [0.717, 1.165) is 12.0 Å². The molecule has 3 heterocycles. The molecule has 3 aromatic rings. The molecule has 22 heavy (non-hydrogen) atoms. The van der Waals surface area contributed by atoms with Gasteiger partial charge in [0.15, 0.2) is 0 Å². The van der Waals surface area contributed by atoms with Crippen molar-refractivity contribution in [3.05, 3.63) is 49.0 Å². The molecular weight excluding hydrogens is 320 g/mol. The highest BCUT2D eigenvalue weighted by Gasteiger charge is 2.14. The first-order valence-electron chi connectivity index (χ1n) is 6.81. The average molecular weight is 334 g/mol. The smallest absolute Gasteiger partial charge is 0.348 e. The van der Waals surface area contributed by atoms with Crippen LogP contribution in [0.15, 0.2) is 22.3 Å². The Morgan fingerprint density at radius 2 is 2.27 bits per heavy atom. The molecular formula is C15H14N2O3S2. The number of rotatable bonds is 4. The zero-order valence-electron chi connectivity index (χ0n) is 12.1. The van der Waals surface area contributed by atoms with Gasteiger partial charge >= 0.3 is 5.97 Å². The quantitative estimate of drug-likeness (QED) is 0.743. The molecule has 0 amide bonds. The average Bonchev–Trinajstić information content (AvgIpc) is 3.11. The molecule has 0 aliphatic rings. The number of ether oxygens (including phenoxy) is 1. The Labute approximate surface area is 134 Å². The molecule has 0 bridgehead atoms. The van der Waals surface area contributed by atoms with Gasteiger partial charge in [-0.1, -0.05) is 6.92 Å². The van der Waals surface area contributed by atoms with E-state index in [0.29, 0.717) is 20.9 Å². The lowest BCUT2D eigenvalue weighted by molar-refractivity contribution is 0.0468. The topological polar surface area (TPSA) is 72.0 Å². The number of H-pyrrole nitrogens is 1. The first kappa shape index (κ1) is 14.9. The van der Waals surface area contributed by atoms with Crippen LogP contribution in [0.25, 0.3) is 10.2 Å². The normalized spacial score (nSPS) is 11.0. The largest absolute Gasteiger partial charge is 0.453 e. The predicted octanol–water partition coefficient (Wildman–Crippen LogP) is 3.27. The van der Waals surface area contributed by atoms with Crippen LogP contribution >= 0.6 is 22.7 Å². The van der Waals surface area contributed by atoms with Gasteiger partial charge in [0.05, 0.1) is 5.52 Å². The summed E-state index contributed by atoms with van der Waals surface area (Å²) in [6.45, 7) is 3.99. The summed E-state index contributed by atoms with van der Waals surface area (Å²) in [6, 6.07) is 3.61. The second-order valence-electron chi connectivity index (χ2n) is 4.79. The number of esters is 1. The predicted molar refractivity (Wildman–Crippen MR) is 87.8 cm³/mol. The molecule has 0 fully saturated rings. The lowest BCUT2D eigenvalue weighted by Crippen LogP contribution is -2.13. The van der Waals surface area contributed by atoms with E-state index in [1.165, 1.54) is 27.6 Å². The highest BCUT2D eigenvalue weighted by Crippen LogP contribution is 2.23. The maximum absolute atomic E-state index is 12.1. The van der Waals surface area contributed by atoms with E-state index in [9.17, 15) is 9.59 Å². The second kappa shape index (κ2) is 6.02. The molecule has 0 atom stereocenters. The van der Waals surface area contributed by atoms with E-state index < -0.39 is 0 Å². The standard InChI is InChI=1S/C15H14N2O3S2/c1-3-10-8(2)6-11(22-10)15(19)20-7-12-16-9-4-5-21-13(9)14(18)17-12/h4-6H,3,7H2,1-2H3,(H,16,17,18). The number of carbonyl (C=O) groups excluding carboxylic acids is 1. The maximum Gasteiger partial charge on any atom is 0.348 e. The molecule has 7 heteroatoms. The van der Waals surface area contributed by atoms with Gasteiger partial charge in [0.1, 0.15) is 22.0 Å². The summed E-state index contributed by atoms with van der Waals surface area (Å²) in [7, 11) is 0. The Balaban J connectivity index is 1.75. The highest BCUT2D eigenvalue weighted by atomic mass is 32.1. The minimum Gasteiger partial charge on any atom is -0.453 e. The number of thiophene rings is 2. The lowest BCUT2D eigenvalue weighted by atomic mass is 10.2. The zero-order valence-corrected chi connectivity index (χ0v) is 13.8. The lowest BCUT2D eigenvalue weighted by Gasteiger charge is -2.02. The molecule has 0 unspecified atom stereocenters. The van der Waals surface area contributed by atoms with Crippen LogP contribution in [-0.4, -0.2) is 15.9 Å². The number of fused-ring (bicyclic) bond motifs is 1. The molecule has 0 aliphatic heterocycles. The second-order valence-corrected chi connectivity index (χ2v) is 6.85. The van der Waals surface area contributed by atoms with Crippen LogP contribution in [0.5, 0.6) is 0 Å². The summed E-state index contributed by atoms with van der Waals surface area (Å²) < 4.78 is 5.83. The van der Waals surface area contributed by atoms with Crippen LogP contribution in [0, 0.1) is 6.92 Å². The van der Waals surface area contributed by atoms with E-state index in [4.69, 9.17) is 4.74 Å². The molecule has 0 saturated carbocycles. The van der Waals surface area contributed by atoms with E-state index in [-0.39, 0.29) is 18.1 Å². The van der Waals surface area contributed by atoms with Gasteiger partial charge in [0, 0.05) is 4.88 Å². The van der Waals surface area contributed by atoms with Crippen molar-refractivity contribution in [3.8, 4) is 0 Å². The van der Waals surface area contributed by atoms with Gasteiger partial charge in [-0.2, -0.15) is 0 Å². The number of aryl methyl sites for hydroxylation is 2. The van der Waals surface area contributed by atoms with Crippen molar-refractivity contribution in [2.24, 2.45) is 0 Å². The van der Waals surface area contributed by atoms with Crippen molar-refractivity contribution in [2.45, 2.75) is 26.9 Å². The zero-order chi connectivity index (χ0) is 15.7. The molecule has 0 aliphatic carbocycles. The summed E-state index contributed by atoms with van der Waals surface area (Å²) in [6.07, 6.45) is 0.896. The number of aromatic nitrogens is 2. The monoisotopic (exact) mass is 334 g/mol. The van der Waals surface area contributed by atoms with E-state index in [1.54, 1.807) is 6.07 Å². The molecule has 0 spiro atoms. The van der Waals surface area contributed by atoms with E-state index in [2.05, 4.69) is 16.9 Å². The third kappa shape index (κ3) is 2.82. The number of hydrogen-bond acceptors (Lipinski definition) is 6.